The molecule has 0 atom stereocenters. The molecule has 128 valence electrons. The first-order valence-corrected chi connectivity index (χ1v) is 9.22. The molecule has 1 aromatic rings. The van der Waals surface area contributed by atoms with Crippen LogP contribution in [0.4, 0.5) is 0 Å². The maximum atomic E-state index is 12.7. The van der Waals surface area contributed by atoms with Gasteiger partial charge in [0.25, 0.3) is 0 Å². The molecule has 1 rings (SSSR count). The molecule has 0 saturated carbocycles. The van der Waals surface area contributed by atoms with Gasteiger partial charge in [0.2, 0.25) is 0 Å². The number of rotatable bonds is 9. The third-order valence-electron chi connectivity index (χ3n) is 2.82. The number of benzene rings is 1. The van der Waals surface area contributed by atoms with E-state index in [9.17, 15) is 14.5 Å². The van der Waals surface area contributed by atoms with Crippen molar-refractivity contribution in [1.29, 1.82) is 0 Å². The first kappa shape index (κ1) is 19.4. The summed E-state index contributed by atoms with van der Waals surface area (Å²) < 4.78 is 28.1. The standard InChI is InChI=1S/C16H23O6P/c1-4-20-16(18)14(11-13-9-7-8-10-15(13)17)12-23(19,21-5-2)22-6-3/h7-11,17H,4-6,12H2,1-3H3/b14-11+. The van der Waals surface area contributed by atoms with Gasteiger partial charge in [-0.3, -0.25) is 4.57 Å². The number of esters is 1. The summed E-state index contributed by atoms with van der Waals surface area (Å²) in [5.41, 5.74) is 0.550. The fourth-order valence-electron chi connectivity index (χ4n) is 1.92. The molecule has 0 unspecified atom stereocenters. The zero-order valence-corrected chi connectivity index (χ0v) is 14.5. The summed E-state index contributed by atoms with van der Waals surface area (Å²) >= 11 is 0. The predicted octanol–water partition coefficient (Wildman–Crippen LogP) is 3.60. The molecule has 0 aromatic heterocycles. The highest BCUT2D eigenvalue weighted by Crippen LogP contribution is 2.49. The zero-order chi connectivity index (χ0) is 17.3. The Morgan fingerprint density at radius 1 is 1.13 bits per heavy atom. The molecule has 0 fully saturated rings. The van der Waals surface area contributed by atoms with E-state index in [-0.39, 0.29) is 37.3 Å². The van der Waals surface area contributed by atoms with Crippen LogP contribution in [0.2, 0.25) is 0 Å². The quantitative estimate of drug-likeness (QED) is 0.419. The first-order chi connectivity index (χ1) is 11.0. The number of hydrogen-bond acceptors (Lipinski definition) is 6. The van der Waals surface area contributed by atoms with E-state index in [1.807, 2.05) is 0 Å². The van der Waals surface area contributed by atoms with Crippen LogP contribution in [-0.4, -0.2) is 37.1 Å². The van der Waals surface area contributed by atoms with Gasteiger partial charge in [0.1, 0.15) is 5.75 Å². The average molecular weight is 342 g/mol. The third-order valence-corrected chi connectivity index (χ3v) is 4.85. The summed E-state index contributed by atoms with van der Waals surface area (Å²) in [7, 11) is -3.46. The van der Waals surface area contributed by atoms with Crippen molar-refractivity contribution in [2.45, 2.75) is 20.8 Å². The third kappa shape index (κ3) is 6.18. The van der Waals surface area contributed by atoms with Crippen LogP contribution in [0.3, 0.4) is 0 Å². The van der Waals surface area contributed by atoms with E-state index in [1.165, 1.54) is 12.1 Å². The van der Waals surface area contributed by atoms with Gasteiger partial charge in [0, 0.05) is 11.1 Å². The number of ether oxygens (including phenoxy) is 1. The molecule has 1 N–H and O–H groups in total. The number of phenolic OH excluding ortho intramolecular Hbond substituents is 1. The summed E-state index contributed by atoms with van der Waals surface area (Å²) in [4.78, 5) is 12.1. The molecule has 0 amide bonds. The number of hydrogen-bond donors (Lipinski definition) is 1. The van der Waals surface area contributed by atoms with Gasteiger partial charge in [-0.1, -0.05) is 18.2 Å². The van der Waals surface area contributed by atoms with Crippen LogP contribution < -0.4 is 0 Å². The van der Waals surface area contributed by atoms with E-state index in [2.05, 4.69) is 0 Å². The van der Waals surface area contributed by atoms with Crippen LogP contribution >= 0.6 is 7.60 Å². The Morgan fingerprint density at radius 3 is 2.26 bits per heavy atom. The smallest absolute Gasteiger partial charge is 0.335 e. The lowest BCUT2D eigenvalue weighted by Gasteiger charge is -2.18. The summed E-state index contributed by atoms with van der Waals surface area (Å²) in [6.07, 6.45) is 1.22. The molecule has 0 heterocycles. The Bertz CT molecular complexity index is 586. The molecule has 0 bridgehead atoms. The fraction of sp³-hybridized carbons (Fsp3) is 0.438. The van der Waals surface area contributed by atoms with E-state index in [1.54, 1.807) is 39.0 Å². The normalized spacial score (nSPS) is 12.2. The summed E-state index contributed by atoms with van der Waals surface area (Å²) in [6.45, 7) is 5.66. The lowest BCUT2D eigenvalue weighted by Crippen LogP contribution is -2.13. The maximum Gasteiger partial charge on any atom is 0.335 e. The van der Waals surface area contributed by atoms with Crippen LogP contribution in [0.25, 0.3) is 6.08 Å². The van der Waals surface area contributed by atoms with Gasteiger partial charge in [0.15, 0.2) is 0 Å². The number of phenols is 1. The van der Waals surface area contributed by atoms with Gasteiger partial charge >= 0.3 is 13.6 Å². The topological polar surface area (TPSA) is 82.1 Å². The number of aromatic hydroxyl groups is 1. The average Bonchev–Trinajstić information content (AvgIpc) is 2.49. The van der Waals surface area contributed by atoms with Gasteiger partial charge < -0.3 is 18.9 Å². The second kappa shape index (κ2) is 9.50. The van der Waals surface area contributed by atoms with Crippen molar-refractivity contribution in [2.24, 2.45) is 0 Å². The van der Waals surface area contributed by atoms with Crippen LogP contribution in [-0.2, 0) is 23.1 Å². The SMILES string of the molecule is CCOC(=O)/C(=C/c1ccccc1O)CP(=O)(OCC)OCC. The van der Waals surface area contributed by atoms with Gasteiger partial charge in [-0.2, -0.15) is 0 Å². The van der Waals surface area contributed by atoms with Crippen molar-refractivity contribution in [3.8, 4) is 5.75 Å². The molecular formula is C16H23O6P. The van der Waals surface area contributed by atoms with Crippen molar-refractivity contribution in [3.63, 3.8) is 0 Å². The Labute approximate surface area is 136 Å². The number of carbonyl (C=O) groups excluding carboxylic acids is 1. The van der Waals surface area contributed by atoms with Gasteiger partial charge in [-0.15, -0.1) is 0 Å². The minimum absolute atomic E-state index is 0.0111. The van der Waals surface area contributed by atoms with Crippen molar-refractivity contribution in [3.05, 3.63) is 35.4 Å². The highest BCUT2D eigenvalue weighted by Gasteiger charge is 2.29. The largest absolute Gasteiger partial charge is 0.507 e. The van der Waals surface area contributed by atoms with E-state index < -0.39 is 13.6 Å². The lowest BCUT2D eigenvalue weighted by molar-refractivity contribution is -0.138. The number of para-hydroxylation sites is 1. The fourth-order valence-corrected chi connectivity index (χ4v) is 3.60. The molecular weight excluding hydrogens is 319 g/mol. The van der Waals surface area contributed by atoms with Crippen LogP contribution in [0.1, 0.15) is 26.3 Å². The van der Waals surface area contributed by atoms with Gasteiger partial charge in [-0.25, -0.2) is 4.79 Å². The highest BCUT2D eigenvalue weighted by atomic mass is 31.2. The summed E-state index contributed by atoms with van der Waals surface area (Å²) in [6, 6.07) is 6.53. The molecule has 0 aliphatic rings. The minimum Gasteiger partial charge on any atom is -0.507 e. The molecule has 0 aliphatic carbocycles. The van der Waals surface area contributed by atoms with E-state index in [0.29, 0.717) is 5.56 Å². The second-order valence-electron chi connectivity index (χ2n) is 4.55. The lowest BCUT2D eigenvalue weighted by atomic mass is 10.1. The first-order valence-electron chi connectivity index (χ1n) is 7.49. The van der Waals surface area contributed by atoms with Crippen LogP contribution in [0.5, 0.6) is 5.75 Å². The molecule has 1 aromatic carbocycles. The molecule has 0 spiro atoms. The zero-order valence-electron chi connectivity index (χ0n) is 13.7. The summed E-state index contributed by atoms with van der Waals surface area (Å²) in [5, 5.41) is 9.85. The minimum atomic E-state index is -3.46. The van der Waals surface area contributed by atoms with E-state index in [0.717, 1.165) is 0 Å². The molecule has 0 aliphatic heterocycles. The van der Waals surface area contributed by atoms with Crippen LogP contribution in [0, 0.1) is 0 Å². The Balaban J connectivity index is 3.17. The molecule has 7 heteroatoms. The predicted molar refractivity (Wildman–Crippen MR) is 88.4 cm³/mol. The highest BCUT2D eigenvalue weighted by molar-refractivity contribution is 7.54. The monoisotopic (exact) mass is 342 g/mol. The molecule has 0 radical (unpaired) electrons. The van der Waals surface area contributed by atoms with Gasteiger partial charge in [0.05, 0.1) is 26.0 Å². The molecule has 0 saturated heterocycles. The van der Waals surface area contributed by atoms with Gasteiger partial charge in [-0.05, 0) is 32.9 Å². The van der Waals surface area contributed by atoms with Crippen LogP contribution in [0.15, 0.2) is 29.8 Å². The van der Waals surface area contributed by atoms with Crippen molar-refractivity contribution in [2.75, 3.05) is 26.0 Å². The number of carbonyl (C=O) groups is 1. The molecule has 23 heavy (non-hydrogen) atoms. The summed E-state index contributed by atoms with van der Waals surface area (Å²) in [5.74, 6) is -0.604. The Kier molecular flexibility index (Phi) is 8.03. The maximum absolute atomic E-state index is 12.7. The van der Waals surface area contributed by atoms with E-state index in [4.69, 9.17) is 13.8 Å². The molecule has 6 nitrogen and oxygen atoms in total. The Hall–Kier alpha value is -1.62. The Morgan fingerprint density at radius 2 is 1.74 bits per heavy atom. The second-order valence-corrected chi connectivity index (χ2v) is 6.61. The van der Waals surface area contributed by atoms with Crippen molar-refractivity contribution < 1.29 is 28.3 Å². The van der Waals surface area contributed by atoms with E-state index >= 15 is 0 Å². The van der Waals surface area contributed by atoms with Crippen molar-refractivity contribution >= 4 is 19.6 Å². The van der Waals surface area contributed by atoms with Crippen molar-refractivity contribution in [1.82, 2.24) is 0 Å².